The second kappa shape index (κ2) is 7.60. The van der Waals surface area contributed by atoms with Gasteiger partial charge in [0.15, 0.2) is 5.16 Å². The van der Waals surface area contributed by atoms with Crippen molar-refractivity contribution in [2.75, 3.05) is 23.0 Å². The van der Waals surface area contributed by atoms with E-state index in [-0.39, 0.29) is 5.91 Å². The molecule has 0 saturated heterocycles. The Balaban J connectivity index is 1.55. The molecule has 4 rings (SSSR count). The van der Waals surface area contributed by atoms with E-state index in [9.17, 15) is 4.79 Å². The molecule has 132 valence electrons. The van der Waals surface area contributed by atoms with Gasteiger partial charge in [-0.1, -0.05) is 42.1 Å². The van der Waals surface area contributed by atoms with Crippen LogP contribution in [0.3, 0.4) is 0 Å². The van der Waals surface area contributed by atoms with Crippen molar-refractivity contribution in [1.29, 1.82) is 0 Å². The number of anilines is 1. The van der Waals surface area contributed by atoms with Gasteiger partial charge in [0.05, 0.1) is 22.5 Å². The van der Waals surface area contributed by atoms with E-state index in [2.05, 4.69) is 23.3 Å². The minimum Gasteiger partial charge on any atom is -0.315 e. The second-order valence-electron chi connectivity index (χ2n) is 5.93. The maximum absolute atomic E-state index is 12.9. The largest absolute Gasteiger partial charge is 0.315 e. The van der Waals surface area contributed by atoms with Crippen molar-refractivity contribution >= 4 is 46.2 Å². The summed E-state index contributed by atoms with van der Waals surface area (Å²) in [5.74, 6) is 1.43. The summed E-state index contributed by atoms with van der Waals surface area (Å²) in [4.78, 5) is 20.6. The molecule has 0 radical (unpaired) electrons. The summed E-state index contributed by atoms with van der Waals surface area (Å²) in [7, 11) is 0. The molecule has 0 bridgehead atoms. The molecular weight excluding hydrogens is 362 g/mol. The standard InChI is InChI=1S/C20H19N3OS2/c1-2-11-23-16-8-4-3-7-15(16)21-20(23)26-14-19(24)22-12-13-25-18-10-6-5-9-17(18)22/h2-10H,1,11-14H2. The van der Waals surface area contributed by atoms with E-state index >= 15 is 0 Å². The SMILES string of the molecule is C=CCn1c(SCC(=O)N2CCSc3ccccc32)nc2ccccc21. The predicted molar refractivity (Wildman–Crippen MR) is 110 cm³/mol. The van der Waals surface area contributed by atoms with Crippen LogP contribution < -0.4 is 4.90 Å². The molecule has 1 amide bonds. The molecular formula is C20H19N3OS2. The van der Waals surface area contributed by atoms with Crippen LogP contribution in [-0.2, 0) is 11.3 Å². The lowest BCUT2D eigenvalue weighted by molar-refractivity contribution is -0.116. The van der Waals surface area contributed by atoms with Crippen LogP contribution in [0.25, 0.3) is 11.0 Å². The molecule has 2 heterocycles. The predicted octanol–water partition coefficient (Wildman–Crippen LogP) is 4.45. The van der Waals surface area contributed by atoms with Crippen LogP contribution in [0.4, 0.5) is 5.69 Å². The molecule has 0 N–H and O–H groups in total. The van der Waals surface area contributed by atoms with Gasteiger partial charge >= 0.3 is 0 Å². The van der Waals surface area contributed by atoms with Gasteiger partial charge in [-0.15, -0.1) is 18.3 Å². The van der Waals surface area contributed by atoms with Crippen molar-refractivity contribution in [2.45, 2.75) is 16.6 Å². The van der Waals surface area contributed by atoms with Gasteiger partial charge in [0.2, 0.25) is 5.91 Å². The number of carbonyl (C=O) groups is 1. The van der Waals surface area contributed by atoms with E-state index < -0.39 is 0 Å². The molecule has 0 unspecified atom stereocenters. The van der Waals surface area contributed by atoms with Crippen LogP contribution in [0.5, 0.6) is 0 Å². The first-order valence-electron chi connectivity index (χ1n) is 8.49. The van der Waals surface area contributed by atoms with Gasteiger partial charge in [-0.05, 0) is 24.3 Å². The Morgan fingerprint density at radius 3 is 2.92 bits per heavy atom. The minimum atomic E-state index is 0.125. The monoisotopic (exact) mass is 381 g/mol. The summed E-state index contributed by atoms with van der Waals surface area (Å²) in [6.07, 6.45) is 1.86. The Labute approximate surface area is 161 Å². The van der Waals surface area contributed by atoms with E-state index in [0.717, 1.165) is 34.2 Å². The normalized spacial score (nSPS) is 13.6. The Morgan fingerprint density at radius 1 is 1.23 bits per heavy atom. The molecule has 1 aliphatic rings. The molecule has 0 atom stereocenters. The quantitative estimate of drug-likeness (QED) is 0.483. The van der Waals surface area contributed by atoms with Crippen molar-refractivity contribution in [3.8, 4) is 0 Å². The fourth-order valence-corrected chi connectivity index (χ4v) is 5.00. The lowest BCUT2D eigenvalue weighted by Crippen LogP contribution is -2.36. The smallest absolute Gasteiger partial charge is 0.237 e. The van der Waals surface area contributed by atoms with Gasteiger partial charge in [0, 0.05) is 23.7 Å². The van der Waals surface area contributed by atoms with Crippen molar-refractivity contribution in [3.05, 3.63) is 61.2 Å². The van der Waals surface area contributed by atoms with Crippen LogP contribution in [-0.4, -0.2) is 33.5 Å². The van der Waals surface area contributed by atoms with Gasteiger partial charge in [-0.3, -0.25) is 4.79 Å². The summed E-state index contributed by atoms with van der Waals surface area (Å²) in [5, 5.41) is 0.860. The molecule has 0 aliphatic carbocycles. The molecule has 1 aliphatic heterocycles. The number of aromatic nitrogens is 2. The fraction of sp³-hybridized carbons (Fsp3) is 0.200. The van der Waals surface area contributed by atoms with E-state index in [1.165, 1.54) is 16.7 Å². The number of thioether (sulfide) groups is 2. The van der Waals surface area contributed by atoms with Crippen LogP contribution in [0.2, 0.25) is 0 Å². The number of hydrogen-bond donors (Lipinski definition) is 0. The summed E-state index contributed by atoms with van der Waals surface area (Å²) in [6.45, 7) is 5.28. The molecule has 0 saturated carbocycles. The minimum absolute atomic E-state index is 0.125. The third kappa shape index (κ3) is 3.27. The zero-order valence-corrected chi connectivity index (χ0v) is 15.9. The van der Waals surface area contributed by atoms with E-state index in [4.69, 9.17) is 4.98 Å². The summed E-state index contributed by atoms with van der Waals surface area (Å²) in [6, 6.07) is 16.1. The Kier molecular flexibility index (Phi) is 5.04. The molecule has 3 aromatic rings. The highest BCUT2D eigenvalue weighted by Crippen LogP contribution is 2.35. The number of imidazole rings is 1. The maximum Gasteiger partial charge on any atom is 0.237 e. The summed E-state index contributed by atoms with van der Waals surface area (Å²) in [5.41, 5.74) is 3.04. The van der Waals surface area contributed by atoms with E-state index in [1.54, 1.807) is 0 Å². The number of allylic oxidation sites excluding steroid dienone is 1. The number of carbonyl (C=O) groups excluding carboxylic acids is 1. The zero-order chi connectivity index (χ0) is 17.9. The molecule has 26 heavy (non-hydrogen) atoms. The average molecular weight is 382 g/mol. The highest BCUT2D eigenvalue weighted by molar-refractivity contribution is 8.00. The van der Waals surface area contributed by atoms with Crippen molar-refractivity contribution in [2.24, 2.45) is 0 Å². The molecule has 4 nitrogen and oxygen atoms in total. The molecule has 0 fully saturated rings. The number of hydrogen-bond acceptors (Lipinski definition) is 4. The van der Waals surface area contributed by atoms with Gasteiger partial charge < -0.3 is 9.47 Å². The third-order valence-electron chi connectivity index (χ3n) is 4.29. The topological polar surface area (TPSA) is 38.1 Å². The van der Waals surface area contributed by atoms with E-state index in [1.807, 2.05) is 59.1 Å². The highest BCUT2D eigenvalue weighted by Gasteiger charge is 2.23. The number of para-hydroxylation sites is 3. The van der Waals surface area contributed by atoms with Crippen LogP contribution >= 0.6 is 23.5 Å². The number of fused-ring (bicyclic) bond motifs is 2. The fourth-order valence-electron chi connectivity index (χ4n) is 3.10. The Hall–Kier alpha value is -2.18. The molecule has 0 spiro atoms. The number of rotatable bonds is 5. The van der Waals surface area contributed by atoms with Gasteiger partial charge in [-0.2, -0.15) is 0 Å². The first-order valence-corrected chi connectivity index (χ1v) is 10.5. The third-order valence-corrected chi connectivity index (χ3v) is 6.29. The van der Waals surface area contributed by atoms with Gasteiger partial charge in [0.1, 0.15) is 0 Å². The number of benzene rings is 2. The highest BCUT2D eigenvalue weighted by atomic mass is 32.2. The first-order chi connectivity index (χ1) is 12.8. The number of nitrogens with zero attached hydrogens (tertiary/aromatic N) is 3. The van der Waals surface area contributed by atoms with Crippen LogP contribution in [0, 0.1) is 0 Å². The van der Waals surface area contributed by atoms with Crippen molar-refractivity contribution < 1.29 is 4.79 Å². The summed E-state index contributed by atoms with van der Waals surface area (Å²) < 4.78 is 2.11. The Bertz CT molecular complexity index is 967. The summed E-state index contributed by atoms with van der Waals surface area (Å²) >= 11 is 3.30. The first kappa shape index (κ1) is 17.2. The van der Waals surface area contributed by atoms with Crippen LogP contribution in [0.15, 0.2) is 71.2 Å². The second-order valence-corrected chi connectivity index (χ2v) is 8.01. The van der Waals surface area contributed by atoms with Crippen LogP contribution in [0.1, 0.15) is 0 Å². The molecule has 2 aromatic carbocycles. The maximum atomic E-state index is 12.9. The lowest BCUT2D eigenvalue weighted by atomic mass is 10.3. The van der Waals surface area contributed by atoms with Crippen molar-refractivity contribution in [3.63, 3.8) is 0 Å². The van der Waals surface area contributed by atoms with Gasteiger partial charge in [-0.25, -0.2) is 4.98 Å². The molecule has 1 aromatic heterocycles. The Morgan fingerprint density at radius 2 is 2.04 bits per heavy atom. The average Bonchev–Trinajstić information content (AvgIpc) is 3.04. The van der Waals surface area contributed by atoms with Crippen molar-refractivity contribution in [1.82, 2.24) is 9.55 Å². The zero-order valence-electron chi connectivity index (χ0n) is 14.3. The molecule has 6 heteroatoms. The lowest BCUT2D eigenvalue weighted by Gasteiger charge is -2.28. The number of amides is 1. The van der Waals surface area contributed by atoms with E-state index in [0.29, 0.717) is 12.3 Å². The van der Waals surface area contributed by atoms with Gasteiger partial charge in [0.25, 0.3) is 0 Å².